The highest BCUT2D eigenvalue weighted by Gasteiger charge is 2.04. The van der Waals surface area contributed by atoms with E-state index in [1.165, 1.54) is 6.08 Å². The molecule has 0 fully saturated rings. The summed E-state index contributed by atoms with van der Waals surface area (Å²) in [4.78, 5) is 11.8. The highest BCUT2D eigenvalue weighted by atomic mass is 16.5. The van der Waals surface area contributed by atoms with E-state index in [1.807, 2.05) is 31.2 Å². The first-order chi connectivity index (χ1) is 9.19. The lowest BCUT2D eigenvalue weighted by Gasteiger charge is -2.07. The molecule has 0 aliphatic carbocycles. The van der Waals surface area contributed by atoms with Crippen LogP contribution in [0.4, 0.5) is 5.69 Å². The monoisotopic (exact) mass is 257 g/mol. The minimum absolute atomic E-state index is 0.237. The van der Waals surface area contributed by atoms with Crippen LogP contribution < -0.4 is 10.1 Å². The molecule has 1 N–H and O–H groups in total. The van der Waals surface area contributed by atoms with Crippen LogP contribution in [-0.2, 0) is 4.79 Å². The molecule has 1 aromatic carbocycles. The van der Waals surface area contributed by atoms with Crippen molar-refractivity contribution >= 4 is 17.7 Å². The Hall–Kier alpha value is -2.49. The molecule has 98 valence electrons. The van der Waals surface area contributed by atoms with Gasteiger partial charge in [-0.1, -0.05) is 12.1 Å². The van der Waals surface area contributed by atoms with Gasteiger partial charge in [-0.2, -0.15) is 0 Å². The Kier molecular flexibility index (Phi) is 4.03. The summed E-state index contributed by atoms with van der Waals surface area (Å²) >= 11 is 0. The lowest BCUT2D eigenvalue weighted by molar-refractivity contribution is -0.111. The maximum Gasteiger partial charge on any atom is 0.248 e. The molecular formula is C15H15NO3. The number of methoxy groups -OCH3 is 1. The van der Waals surface area contributed by atoms with E-state index in [0.717, 1.165) is 5.76 Å². The van der Waals surface area contributed by atoms with Crippen LogP contribution in [0, 0.1) is 6.92 Å². The van der Waals surface area contributed by atoms with E-state index in [4.69, 9.17) is 9.15 Å². The van der Waals surface area contributed by atoms with Crippen LogP contribution in [0.2, 0.25) is 0 Å². The number of aryl methyl sites for hydroxylation is 1. The molecule has 4 nitrogen and oxygen atoms in total. The number of para-hydroxylation sites is 2. The largest absolute Gasteiger partial charge is 0.495 e. The van der Waals surface area contributed by atoms with Crippen molar-refractivity contribution < 1.29 is 13.9 Å². The number of furan rings is 1. The second-order valence-corrected chi connectivity index (χ2v) is 3.97. The number of carbonyl (C=O) groups excluding carboxylic acids is 1. The van der Waals surface area contributed by atoms with Gasteiger partial charge in [-0.3, -0.25) is 4.79 Å². The topological polar surface area (TPSA) is 51.5 Å². The van der Waals surface area contributed by atoms with Gasteiger partial charge in [-0.25, -0.2) is 0 Å². The van der Waals surface area contributed by atoms with Gasteiger partial charge >= 0.3 is 0 Å². The average molecular weight is 257 g/mol. The molecular weight excluding hydrogens is 242 g/mol. The predicted octanol–water partition coefficient (Wildman–Crippen LogP) is 3.25. The molecule has 0 saturated carbocycles. The first-order valence-electron chi connectivity index (χ1n) is 5.87. The number of ether oxygens (including phenoxy) is 1. The zero-order chi connectivity index (χ0) is 13.7. The molecule has 4 heteroatoms. The van der Waals surface area contributed by atoms with Crippen LogP contribution in [0.25, 0.3) is 6.08 Å². The highest BCUT2D eigenvalue weighted by Crippen LogP contribution is 2.22. The molecule has 1 amide bonds. The van der Waals surface area contributed by atoms with E-state index in [1.54, 1.807) is 25.3 Å². The lowest BCUT2D eigenvalue weighted by Crippen LogP contribution is -2.08. The van der Waals surface area contributed by atoms with Crippen LogP contribution in [0.1, 0.15) is 11.5 Å². The second-order valence-electron chi connectivity index (χ2n) is 3.97. The van der Waals surface area contributed by atoms with Crippen molar-refractivity contribution in [3.05, 3.63) is 54.0 Å². The van der Waals surface area contributed by atoms with Crippen molar-refractivity contribution in [1.82, 2.24) is 0 Å². The maximum atomic E-state index is 11.8. The van der Waals surface area contributed by atoms with Gasteiger partial charge in [0.15, 0.2) is 0 Å². The Morgan fingerprint density at radius 1 is 1.26 bits per heavy atom. The van der Waals surface area contributed by atoms with Crippen LogP contribution in [-0.4, -0.2) is 13.0 Å². The number of rotatable bonds is 4. The summed E-state index contributed by atoms with van der Waals surface area (Å²) in [5, 5.41) is 2.75. The Morgan fingerprint density at radius 2 is 2.05 bits per heavy atom. The molecule has 0 aliphatic heterocycles. The zero-order valence-corrected chi connectivity index (χ0v) is 10.8. The summed E-state index contributed by atoms with van der Waals surface area (Å²) in [6.07, 6.45) is 3.04. The molecule has 0 saturated heterocycles. The Labute approximate surface area is 111 Å². The Morgan fingerprint density at radius 3 is 2.74 bits per heavy atom. The SMILES string of the molecule is COc1ccccc1NC(=O)C=Cc1ccc(C)o1. The minimum atomic E-state index is -0.237. The molecule has 0 atom stereocenters. The van der Waals surface area contributed by atoms with E-state index in [0.29, 0.717) is 17.2 Å². The number of carbonyl (C=O) groups is 1. The third kappa shape index (κ3) is 3.48. The van der Waals surface area contributed by atoms with E-state index >= 15 is 0 Å². The quantitative estimate of drug-likeness (QED) is 0.855. The van der Waals surface area contributed by atoms with E-state index in [2.05, 4.69) is 5.32 Å². The molecule has 2 aromatic rings. The number of hydrogen-bond donors (Lipinski definition) is 1. The second kappa shape index (κ2) is 5.91. The summed E-state index contributed by atoms with van der Waals surface area (Å²) in [6.45, 7) is 1.85. The predicted molar refractivity (Wildman–Crippen MR) is 74.1 cm³/mol. The molecule has 0 radical (unpaired) electrons. The van der Waals surface area contributed by atoms with Crippen molar-refractivity contribution in [2.75, 3.05) is 12.4 Å². The van der Waals surface area contributed by atoms with Gasteiger partial charge in [0.2, 0.25) is 5.91 Å². The van der Waals surface area contributed by atoms with Crippen molar-refractivity contribution in [3.63, 3.8) is 0 Å². The fourth-order valence-electron chi connectivity index (χ4n) is 1.62. The maximum absolute atomic E-state index is 11.8. The normalized spacial score (nSPS) is 10.6. The number of benzene rings is 1. The third-order valence-corrected chi connectivity index (χ3v) is 2.52. The van der Waals surface area contributed by atoms with Crippen LogP contribution >= 0.6 is 0 Å². The third-order valence-electron chi connectivity index (χ3n) is 2.52. The number of amides is 1. The van der Waals surface area contributed by atoms with Crippen molar-refractivity contribution in [3.8, 4) is 5.75 Å². The molecule has 2 rings (SSSR count). The smallest absolute Gasteiger partial charge is 0.248 e. The first kappa shape index (κ1) is 13.0. The van der Waals surface area contributed by atoms with Crippen LogP contribution in [0.5, 0.6) is 5.75 Å². The van der Waals surface area contributed by atoms with Gasteiger partial charge in [-0.15, -0.1) is 0 Å². The number of nitrogens with one attached hydrogen (secondary N) is 1. The zero-order valence-electron chi connectivity index (χ0n) is 10.8. The molecule has 0 aliphatic rings. The fraction of sp³-hybridized carbons (Fsp3) is 0.133. The molecule has 0 spiro atoms. The number of hydrogen-bond acceptors (Lipinski definition) is 3. The molecule has 1 heterocycles. The average Bonchev–Trinajstić information content (AvgIpc) is 2.83. The van der Waals surface area contributed by atoms with Gasteiger partial charge in [0, 0.05) is 6.08 Å². The number of anilines is 1. The minimum Gasteiger partial charge on any atom is -0.495 e. The Bertz CT molecular complexity index is 599. The summed E-state index contributed by atoms with van der Waals surface area (Å²) in [7, 11) is 1.56. The first-order valence-corrected chi connectivity index (χ1v) is 5.87. The van der Waals surface area contributed by atoms with Gasteiger partial charge in [0.05, 0.1) is 12.8 Å². The summed E-state index contributed by atoms with van der Waals surface area (Å²) in [5.74, 6) is 1.84. The molecule has 1 aromatic heterocycles. The fourth-order valence-corrected chi connectivity index (χ4v) is 1.62. The van der Waals surface area contributed by atoms with Crippen LogP contribution in [0.15, 0.2) is 46.9 Å². The van der Waals surface area contributed by atoms with E-state index in [9.17, 15) is 4.79 Å². The van der Waals surface area contributed by atoms with Crippen molar-refractivity contribution in [2.24, 2.45) is 0 Å². The molecule has 0 bridgehead atoms. The Balaban J connectivity index is 2.03. The standard InChI is InChI=1S/C15H15NO3/c1-11-7-8-12(19-11)9-10-15(17)16-13-5-3-4-6-14(13)18-2/h3-10H,1-2H3,(H,16,17). The molecule has 19 heavy (non-hydrogen) atoms. The molecule has 0 unspecified atom stereocenters. The van der Waals surface area contributed by atoms with Crippen LogP contribution in [0.3, 0.4) is 0 Å². The van der Waals surface area contributed by atoms with Gasteiger partial charge < -0.3 is 14.5 Å². The van der Waals surface area contributed by atoms with Gasteiger partial charge in [-0.05, 0) is 37.3 Å². The van der Waals surface area contributed by atoms with Crippen molar-refractivity contribution in [1.29, 1.82) is 0 Å². The van der Waals surface area contributed by atoms with E-state index in [-0.39, 0.29) is 5.91 Å². The van der Waals surface area contributed by atoms with Gasteiger partial charge in [0.25, 0.3) is 0 Å². The highest BCUT2D eigenvalue weighted by molar-refractivity contribution is 6.02. The summed E-state index contributed by atoms with van der Waals surface area (Å²) in [6, 6.07) is 10.9. The summed E-state index contributed by atoms with van der Waals surface area (Å²) < 4.78 is 10.5. The van der Waals surface area contributed by atoms with E-state index < -0.39 is 0 Å². The lowest BCUT2D eigenvalue weighted by atomic mass is 10.3. The van der Waals surface area contributed by atoms with Crippen molar-refractivity contribution in [2.45, 2.75) is 6.92 Å². The van der Waals surface area contributed by atoms with Gasteiger partial charge in [0.1, 0.15) is 17.3 Å². The summed E-state index contributed by atoms with van der Waals surface area (Å²) in [5.41, 5.74) is 0.635.